The normalized spacial score (nSPS) is 14.8. The molecule has 33 heavy (non-hydrogen) atoms. The van der Waals surface area contributed by atoms with Crippen LogP contribution in [0.1, 0.15) is 16.8 Å². The first kappa shape index (κ1) is 23.5. The summed E-state index contributed by atoms with van der Waals surface area (Å²) in [5.41, 5.74) is 2.84. The van der Waals surface area contributed by atoms with Gasteiger partial charge < -0.3 is 10.1 Å². The second-order valence-electron chi connectivity index (χ2n) is 7.64. The van der Waals surface area contributed by atoms with Crippen LogP contribution in [0.2, 0.25) is 0 Å². The molecule has 0 bridgehead atoms. The van der Waals surface area contributed by atoms with Gasteiger partial charge in [0.15, 0.2) is 0 Å². The van der Waals surface area contributed by atoms with E-state index < -0.39 is 10.0 Å². The van der Waals surface area contributed by atoms with E-state index in [1.165, 1.54) is 27.8 Å². The van der Waals surface area contributed by atoms with Crippen LogP contribution in [0, 0.1) is 5.82 Å². The summed E-state index contributed by atoms with van der Waals surface area (Å²) >= 11 is 1.39. The summed E-state index contributed by atoms with van der Waals surface area (Å²) in [4.78, 5) is 16.9. The lowest BCUT2D eigenvalue weighted by Crippen LogP contribution is -2.41. The predicted octanol–water partition coefficient (Wildman–Crippen LogP) is 2.97. The molecule has 4 rings (SSSR count). The molecule has 10 heteroatoms. The number of sulfonamides is 1. The number of hydrogen-bond acceptors (Lipinski definition) is 6. The smallest absolute Gasteiger partial charge is 0.226 e. The van der Waals surface area contributed by atoms with Crippen molar-refractivity contribution in [3.63, 3.8) is 0 Å². The molecule has 7 nitrogen and oxygen atoms in total. The van der Waals surface area contributed by atoms with Gasteiger partial charge in [0.05, 0.1) is 31.1 Å². The number of nitrogens with one attached hydrogen (secondary N) is 1. The number of hydrogen-bond donors (Lipinski definition) is 1. The van der Waals surface area contributed by atoms with Gasteiger partial charge in [-0.3, -0.25) is 4.79 Å². The van der Waals surface area contributed by atoms with Crippen molar-refractivity contribution in [2.75, 3.05) is 26.3 Å². The minimum Gasteiger partial charge on any atom is -0.379 e. The number of benzene rings is 2. The van der Waals surface area contributed by atoms with Gasteiger partial charge in [-0.1, -0.05) is 24.3 Å². The van der Waals surface area contributed by atoms with Gasteiger partial charge in [-0.2, -0.15) is 4.31 Å². The maximum Gasteiger partial charge on any atom is 0.226 e. The molecule has 1 N–H and O–H groups in total. The Morgan fingerprint density at radius 2 is 1.79 bits per heavy atom. The zero-order chi connectivity index (χ0) is 23.3. The molecule has 1 aliphatic heterocycles. The minimum absolute atomic E-state index is 0.103. The third-order valence-electron chi connectivity index (χ3n) is 5.28. The third-order valence-corrected chi connectivity index (χ3v) is 8.05. The molecule has 1 fully saturated rings. The van der Waals surface area contributed by atoms with E-state index in [1.54, 1.807) is 29.6 Å². The SMILES string of the molecule is O=C(Cc1csc(-c2ccc(F)cc2)n1)NCc1ccccc1CS(=O)(=O)N1CCOCC1. The van der Waals surface area contributed by atoms with Crippen LogP contribution in [0.3, 0.4) is 0 Å². The van der Waals surface area contributed by atoms with E-state index in [9.17, 15) is 17.6 Å². The number of amides is 1. The molecular formula is C23H24FN3O4S2. The highest BCUT2D eigenvalue weighted by atomic mass is 32.2. The molecule has 0 aliphatic carbocycles. The number of carbonyl (C=O) groups excluding carboxylic acids is 1. The van der Waals surface area contributed by atoms with Crippen molar-refractivity contribution >= 4 is 27.3 Å². The Kier molecular flexibility index (Phi) is 7.49. The van der Waals surface area contributed by atoms with E-state index in [0.717, 1.165) is 16.1 Å². The van der Waals surface area contributed by atoms with Gasteiger partial charge in [0.2, 0.25) is 15.9 Å². The van der Waals surface area contributed by atoms with Gasteiger partial charge >= 0.3 is 0 Å². The van der Waals surface area contributed by atoms with Crippen molar-refractivity contribution in [3.05, 3.63) is 76.5 Å². The molecule has 0 radical (unpaired) electrons. The average Bonchev–Trinajstić information content (AvgIpc) is 3.28. The van der Waals surface area contributed by atoms with Gasteiger partial charge in [0.25, 0.3) is 0 Å². The van der Waals surface area contributed by atoms with Crippen LogP contribution in [0.5, 0.6) is 0 Å². The lowest BCUT2D eigenvalue weighted by Gasteiger charge is -2.26. The van der Waals surface area contributed by atoms with Crippen molar-refractivity contribution in [3.8, 4) is 10.6 Å². The van der Waals surface area contributed by atoms with Crippen molar-refractivity contribution < 1.29 is 22.3 Å². The first-order chi connectivity index (χ1) is 15.9. The number of ether oxygens (including phenoxy) is 1. The second kappa shape index (κ2) is 10.5. The average molecular weight is 490 g/mol. The highest BCUT2D eigenvalue weighted by molar-refractivity contribution is 7.88. The summed E-state index contributed by atoms with van der Waals surface area (Å²) in [5, 5.41) is 5.38. The van der Waals surface area contributed by atoms with Crippen LogP contribution in [0.25, 0.3) is 10.6 Å². The minimum atomic E-state index is -3.46. The zero-order valence-corrected chi connectivity index (χ0v) is 19.5. The fraction of sp³-hybridized carbons (Fsp3) is 0.304. The fourth-order valence-electron chi connectivity index (χ4n) is 3.52. The Morgan fingerprint density at radius 1 is 1.09 bits per heavy atom. The quantitative estimate of drug-likeness (QED) is 0.526. The first-order valence-electron chi connectivity index (χ1n) is 10.5. The molecule has 0 atom stereocenters. The summed E-state index contributed by atoms with van der Waals surface area (Å²) in [6.45, 7) is 1.74. The van der Waals surface area contributed by atoms with Gasteiger partial charge in [-0.05, 0) is 35.4 Å². The van der Waals surface area contributed by atoms with E-state index in [2.05, 4.69) is 10.3 Å². The molecule has 0 unspecified atom stereocenters. The van der Waals surface area contributed by atoms with Crippen LogP contribution < -0.4 is 5.32 Å². The van der Waals surface area contributed by atoms with Gasteiger partial charge in [0, 0.05) is 30.6 Å². The largest absolute Gasteiger partial charge is 0.379 e. The highest BCUT2D eigenvalue weighted by Gasteiger charge is 2.25. The van der Waals surface area contributed by atoms with Crippen LogP contribution in [-0.4, -0.2) is 49.9 Å². The third kappa shape index (κ3) is 6.23. The van der Waals surface area contributed by atoms with E-state index in [4.69, 9.17) is 4.74 Å². The molecule has 3 aromatic rings. The Morgan fingerprint density at radius 3 is 2.52 bits per heavy atom. The summed E-state index contributed by atoms with van der Waals surface area (Å²) in [6.07, 6.45) is 0.103. The van der Waals surface area contributed by atoms with E-state index in [1.807, 2.05) is 12.1 Å². The number of morpholine rings is 1. The molecular weight excluding hydrogens is 465 g/mol. The number of rotatable bonds is 8. The number of aromatic nitrogens is 1. The summed E-state index contributed by atoms with van der Waals surface area (Å²) in [5.74, 6) is -0.642. The van der Waals surface area contributed by atoms with Gasteiger partial charge in [0.1, 0.15) is 10.8 Å². The number of carbonyl (C=O) groups is 1. The molecule has 0 spiro atoms. The topological polar surface area (TPSA) is 88.6 Å². The van der Waals surface area contributed by atoms with Crippen molar-refractivity contribution in [1.82, 2.24) is 14.6 Å². The highest BCUT2D eigenvalue weighted by Crippen LogP contribution is 2.24. The monoisotopic (exact) mass is 489 g/mol. The Labute approximate surface area is 196 Å². The van der Waals surface area contributed by atoms with Crippen LogP contribution in [0.15, 0.2) is 53.9 Å². The fourth-order valence-corrected chi connectivity index (χ4v) is 5.91. The number of halogens is 1. The van der Waals surface area contributed by atoms with Gasteiger partial charge in [-0.15, -0.1) is 11.3 Å². The standard InChI is InChI=1S/C23H24FN3O4S2/c24-20-7-5-17(6-8-20)23-26-21(15-32-23)13-22(28)25-14-18-3-1-2-4-19(18)16-33(29,30)27-9-11-31-12-10-27/h1-8,15H,9-14,16H2,(H,25,28). The van der Waals surface area contributed by atoms with E-state index in [0.29, 0.717) is 37.6 Å². The zero-order valence-electron chi connectivity index (χ0n) is 17.9. The Bertz CT molecular complexity index is 1210. The lowest BCUT2D eigenvalue weighted by molar-refractivity contribution is -0.120. The van der Waals surface area contributed by atoms with E-state index in [-0.39, 0.29) is 30.4 Å². The molecule has 1 saturated heterocycles. The van der Waals surface area contributed by atoms with Gasteiger partial charge in [-0.25, -0.2) is 17.8 Å². The lowest BCUT2D eigenvalue weighted by atomic mass is 10.1. The Hall–Kier alpha value is -2.66. The Balaban J connectivity index is 1.36. The molecule has 1 amide bonds. The first-order valence-corrected chi connectivity index (χ1v) is 13.0. The van der Waals surface area contributed by atoms with Crippen LogP contribution in [0.4, 0.5) is 4.39 Å². The van der Waals surface area contributed by atoms with Crippen molar-refractivity contribution in [2.24, 2.45) is 0 Å². The summed E-state index contributed by atoms with van der Waals surface area (Å²) in [7, 11) is -3.46. The maximum absolute atomic E-state index is 13.1. The number of thiazole rings is 1. The molecule has 174 valence electrons. The van der Waals surface area contributed by atoms with Crippen LogP contribution >= 0.6 is 11.3 Å². The van der Waals surface area contributed by atoms with E-state index >= 15 is 0 Å². The molecule has 1 aliphatic rings. The second-order valence-corrected chi connectivity index (χ2v) is 10.5. The number of nitrogens with zero attached hydrogens (tertiary/aromatic N) is 2. The van der Waals surface area contributed by atoms with Crippen LogP contribution in [-0.2, 0) is 38.3 Å². The maximum atomic E-state index is 13.1. The molecule has 1 aromatic heterocycles. The van der Waals surface area contributed by atoms with Crippen molar-refractivity contribution in [2.45, 2.75) is 18.7 Å². The van der Waals surface area contributed by atoms with Crippen molar-refractivity contribution in [1.29, 1.82) is 0 Å². The molecule has 2 heterocycles. The molecule has 2 aromatic carbocycles. The summed E-state index contributed by atoms with van der Waals surface area (Å²) in [6, 6.07) is 13.3. The molecule has 0 saturated carbocycles. The summed E-state index contributed by atoms with van der Waals surface area (Å²) < 4.78 is 45.4. The predicted molar refractivity (Wildman–Crippen MR) is 125 cm³/mol.